The number of rotatable bonds is 19. The number of nitrogens with two attached hydrogens (primary N) is 1. The van der Waals surface area contributed by atoms with E-state index in [-0.39, 0.29) is 11.8 Å². The summed E-state index contributed by atoms with van der Waals surface area (Å²) in [6.45, 7) is 2.24. The molecule has 2 rings (SSSR count). The second-order valence-electron chi connectivity index (χ2n) is 9.77. The van der Waals surface area contributed by atoms with E-state index in [1.54, 1.807) is 12.1 Å². The molecule has 0 spiro atoms. The van der Waals surface area contributed by atoms with Crippen LogP contribution in [0.2, 0.25) is 0 Å². The molecule has 1 unspecified atom stereocenters. The van der Waals surface area contributed by atoms with Crippen LogP contribution in [0.15, 0.2) is 60.7 Å². The van der Waals surface area contributed by atoms with E-state index < -0.39 is 24.1 Å². The number of hydrogen-bond donors (Lipinski definition) is 5. The fourth-order valence-electron chi connectivity index (χ4n) is 4.29. The Bertz CT molecular complexity index is 955. The van der Waals surface area contributed by atoms with E-state index in [1.807, 2.05) is 48.5 Å². The summed E-state index contributed by atoms with van der Waals surface area (Å²) in [4.78, 5) is 38.0. The molecule has 0 aliphatic heterocycles. The standard InChI is InChI=1S/C30H44N4O4/c1-23(30(37)38)32-27(21-20-24-15-9-7-10-16-24)29(36)34-26(19-13-5-3-2-4-6-14-22-31)28(35)33-25-17-11-8-12-18-25/h7-12,15-18,23,26-27,32H,2-6,13-14,19-22,31H2,1H3,(H,33,35)(H,34,36)(H,37,38)/t23-,26?,27+/m1/s1. The number of aryl methyl sites for hydroxylation is 1. The smallest absolute Gasteiger partial charge is 0.320 e. The third-order valence-corrected chi connectivity index (χ3v) is 6.57. The van der Waals surface area contributed by atoms with E-state index >= 15 is 0 Å². The van der Waals surface area contributed by atoms with E-state index in [9.17, 15) is 19.5 Å². The molecular weight excluding hydrogens is 480 g/mol. The minimum atomic E-state index is -1.03. The molecular formula is C30H44N4O4. The van der Waals surface area contributed by atoms with Crippen LogP contribution in [0.25, 0.3) is 0 Å². The van der Waals surface area contributed by atoms with E-state index in [2.05, 4.69) is 16.0 Å². The molecule has 208 valence electrons. The van der Waals surface area contributed by atoms with Gasteiger partial charge in [-0.25, -0.2) is 0 Å². The SMILES string of the molecule is C[C@@H](N[C@@H](CCc1ccccc1)C(=O)NC(CCCCCCCCCN)C(=O)Nc1ccccc1)C(=O)O. The zero-order chi connectivity index (χ0) is 27.6. The van der Waals surface area contributed by atoms with Gasteiger partial charge in [0.1, 0.15) is 12.1 Å². The van der Waals surface area contributed by atoms with Crippen LogP contribution in [0.1, 0.15) is 70.3 Å². The number of amides is 2. The van der Waals surface area contributed by atoms with Crippen molar-refractivity contribution in [3.8, 4) is 0 Å². The number of carboxylic acids is 1. The number of para-hydroxylation sites is 1. The maximum atomic E-state index is 13.4. The summed E-state index contributed by atoms with van der Waals surface area (Å²) in [5, 5.41) is 18.1. The maximum absolute atomic E-state index is 13.4. The number of hydrogen-bond acceptors (Lipinski definition) is 5. The predicted octanol–water partition coefficient (Wildman–Crippen LogP) is 4.25. The van der Waals surface area contributed by atoms with Gasteiger partial charge in [-0.2, -0.15) is 0 Å². The fourth-order valence-corrected chi connectivity index (χ4v) is 4.29. The number of anilines is 1. The van der Waals surface area contributed by atoms with Crippen LogP contribution < -0.4 is 21.7 Å². The largest absolute Gasteiger partial charge is 0.480 e. The van der Waals surface area contributed by atoms with Crippen molar-refractivity contribution >= 4 is 23.5 Å². The third kappa shape index (κ3) is 12.3. The summed E-state index contributed by atoms with van der Waals surface area (Å²) >= 11 is 0. The van der Waals surface area contributed by atoms with Gasteiger partial charge in [-0.15, -0.1) is 0 Å². The lowest BCUT2D eigenvalue weighted by Crippen LogP contribution is -2.54. The van der Waals surface area contributed by atoms with Crippen molar-refractivity contribution in [2.24, 2.45) is 5.73 Å². The zero-order valence-electron chi connectivity index (χ0n) is 22.5. The van der Waals surface area contributed by atoms with Crippen molar-refractivity contribution < 1.29 is 19.5 Å². The van der Waals surface area contributed by atoms with Gasteiger partial charge in [-0.1, -0.05) is 87.1 Å². The number of carbonyl (C=O) groups is 3. The molecule has 38 heavy (non-hydrogen) atoms. The highest BCUT2D eigenvalue weighted by Gasteiger charge is 2.27. The Balaban J connectivity index is 2.03. The van der Waals surface area contributed by atoms with Gasteiger partial charge in [0.05, 0.1) is 6.04 Å². The number of carboxylic acid groups (broad SMARTS) is 1. The van der Waals surface area contributed by atoms with Crippen molar-refractivity contribution in [3.63, 3.8) is 0 Å². The first kappa shape index (κ1) is 31.0. The fraction of sp³-hybridized carbons (Fsp3) is 0.500. The Morgan fingerprint density at radius 2 is 1.34 bits per heavy atom. The molecule has 0 heterocycles. The molecule has 2 amide bonds. The normalized spacial score (nSPS) is 13.3. The van der Waals surface area contributed by atoms with Gasteiger partial charge in [0.2, 0.25) is 11.8 Å². The molecule has 6 N–H and O–H groups in total. The summed E-state index contributed by atoms with van der Waals surface area (Å²) in [5.74, 6) is -1.68. The minimum Gasteiger partial charge on any atom is -0.480 e. The van der Waals surface area contributed by atoms with Crippen LogP contribution in [0.3, 0.4) is 0 Å². The first-order valence-electron chi connectivity index (χ1n) is 13.8. The topological polar surface area (TPSA) is 134 Å². The van der Waals surface area contributed by atoms with Gasteiger partial charge in [0, 0.05) is 5.69 Å². The molecule has 8 nitrogen and oxygen atoms in total. The Hall–Kier alpha value is -3.23. The zero-order valence-corrected chi connectivity index (χ0v) is 22.5. The highest BCUT2D eigenvalue weighted by Crippen LogP contribution is 2.13. The van der Waals surface area contributed by atoms with Gasteiger partial charge >= 0.3 is 5.97 Å². The highest BCUT2D eigenvalue weighted by atomic mass is 16.4. The Morgan fingerprint density at radius 3 is 1.95 bits per heavy atom. The Kier molecular flexibility index (Phi) is 14.8. The highest BCUT2D eigenvalue weighted by molar-refractivity contribution is 5.97. The molecule has 0 saturated heterocycles. The van der Waals surface area contributed by atoms with Gasteiger partial charge in [-0.05, 0) is 56.8 Å². The van der Waals surface area contributed by atoms with Crippen molar-refractivity contribution in [2.75, 3.05) is 11.9 Å². The van der Waals surface area contributed by atoms with E-state index in [4.69, 9.17) is 5.73 Å². The summed E-state index contributed by atoms with van der Waals surface area (Å²) in [6, 6.07) is 16.5. The molecule has 0 aliphatic rings. The van der Waals surface area contributed by atoms with Crippen molar-refractivity contribution in [3.05, 3.63) is 66.2 Å². The van der Waals surface area contributed by atoms with Crippen molar-refractivity contribution in [1.82, 2.24) is 10.6 Å². The van der Waals surface area contributed by atoms with E-state index in [0.717, 1.165) is 57.1 Å². The predicted molar refractivity (Wildman–Crippen MR) is 152 cm³/mol. The van der Waals surface area contributed by atoms with Crippen LogP contribution in [-0.2, 0) is 20.8 Å². The Morgan fingerprint density at radius 1 is 0.763 bits per heavy atom. The van der Waals surface area contributed by atoms with Crippen molar-refractivity contribution in [1.29, 1.82) is 0 Å². The summed E-state index contributed by atoms with van der Waals surface area (Å²) < 4.78 is 0. The first-order valence-corrected chi connectivity index (χ1v) is 13.8. The first-order chi connectivity index (χ1) is 18.4. The maximum Gasteiger partial charge on any atom is 0.320 e. The second-order valence-corrected chi connectivity index (χ2v) is 9.77. The number of nitrogens with one attached hydrogen (secondary N) is 3. The van der Waals surface area contributed by atoms with Gasteiger partial charge < -0.3 is 21.5 Å². The summed E-state index contributed by atoms with van der Waals surface area (Å²) in [6.07, 6.45) is 8.84. The van der Waals surface area contributed by atoms with E-state index in [1.165, 1.54) is 6.92 Å². The molecule has 0 aromatic heterocycles. The van der Waals surface area contributed by atoms with Gasteiger partial charge in [0.15, 0.2) is 0 Å². The van der Waals surface area contributed by atoms with Gasteiger partial charge in [0.25, 0.3) is 0 Å². The lowest BCUT2D eigenvalue weighted by atomic mass is 10.0. The molecule has 8 heteroatoms. The van der Waals surface area contributed by atoms with E-state index in [0.29, 0.717) is 24.9 Å². The van der Waals surface area contributed by atoms with Crippen LogP contribution in [0.4, 0.5) is 5.69 Å². The van der Waals surface area contributed by atoms with Crippen LogP contribution >= 0.6 is 0 Å². The van der Waals surface area contributed by atoms with Crippen molar-refractivity contribution in [2.45, 2.75) is 89.3 Å². The quantitative estimate of drug-likeness (QED) is 0.174. The third-order valence-electron chi connectivity index (χ3n) is 6.57. The molecule has 0 radical (unpaired) electrons. The van der Waals surface area contributed by atoms with Crippen LogP contribution in [0.5, 0.6) is 0 Å². The summed E-state index contributed by atoms with van der Waals surface area (Å²) in [5.41, 5.74) is 7.27. The molecule has 2 aromatic rings. The van der Waals surface area contributed by atoms with Crippen LogP contribution in [-0.4, -0.2) is 47.6 Å². The average molecular weight is 525 g/mol. The number of benzene rings is 2. The molecule has 0 aliphatic carbocycles. The monoisotopic (exact) mass is 524 g/mol. The van der Waals surface area contributed by atoms with Crippen LogP contribution in [0, 0.1) is 0 Å². The lowest BCUT2D eigenvalue weighted by molar-refractivity contribution is -0.139. The number of unbranched alkanes of at least 4 members (excludes halogenated alkanes) is 6. The lowest BCUT2D eigenvalue weighted by Gasteiger charge is -2.25. The molecule has 0 fully saturated rings. The number of aliphatic carboxylic acids is 1. The Labute approximate surface area is 226 Å². The minimum absolute atomic E-state index is 0.277. The molecule has 0 bridgehead atoms. The molecule has 2 aromatic carbocycles. The average Bonchev–Trinajstić information content (AvgIpc) is 2.92. The molecule has 0 saturated carbocycles. The second kappa shape index (κ2) is 18.1. The van der Waals surface area contributed by atoms with Gasteiger partial charge in [-0.3, -0.25) is 19.7 Å². The summed E-state index contributed by atoms with van der Waals surface area (Å²) in [7, 11) is 0. The molecule has 3 atom stereocenters. The number of carbonyl (C=O) groups excluding carboxylic acids is 2.